The summed E-state index contributed by atoms with van der Waals surface area (Å²) >= 11 is 0. The first-order valence-corrected chi connectivity index (χ1v) is 4.90. The van der Waals surface area contributed by atoms with Crippen LogP contribution in [0.4, 0.5) is 0 Å². The van der Waals surface area contributed by atoms with Crippen molar-refractivity contribution in [2.45, 2.75) is 26.0 Å². The molecule has 4 N–H and O–H groups in total. The van der Waals surface area contributed by atoms with Crippen LogP contribution in [0.3, 0.4) is 0 Å². The summed E-state index contributed by atoms with van der Waals surface area (Å²) in [5.74, 6) is 1.06. The first-order chi connectivity index (χ1) is 7.22. The van der Waals surface area contributed by atoms with Gasteiger partial charge in [0.2, 0.25) is 5.91 Å². The zero-order valence-electron chi connectivity index (χ0n) is 8.53. The largest absolute Gasteiger partial charge is 0.462 e. The molecule has 1 amide bonds. The number of carbonyl (C=O) groups is 1. The fourth-order valence-electron chi connectivity index (χ4n) is 1.20. The molecule has 0 saturated carbocycles. The number of nitrogens with one attached hydrogen (secondary N) is 1. The van der Waals surface area contributed by atoms with Crippen molar-refractivity contribution in [3.63, 3.8) is 0 Å². The van der Waals surface area contributed by atoms with E-state index in [9.17, 15) is 4.79 Å². The monoisotopic (exact) mass is 212 g/mol. The number of hydrogen-bond donors (Lipinski definition) is 3. The maximum Gasteiger partial charge on any atom is 0.217 e. The first-order valence-electron chi connectivity index (χ1n) is 4.90. The maximum absolute atomic E-state index is 10.4. The van der Waals surface area contributed by atoms with Crippen LogP contribution in [0.1, 0.15) is 24.4 Å². The molecule has 15 heavy (non-hydrogen) atoms. The number of nitrogens with two attached hydrogens (primary N) is 1. The standard InChI is InChI=1S/C10H16N2O3/c11-10(14)2-1-5-12-6-8-3-4-9(7-13)15-8/h3-4,12-13H,1-2,5-7H2,(H2,11,14). The van der Waals surface area contributed by atoms with E-state index in [2.05, 4.69) is 5.32 Å². The van der Waals surface area contributed by atoms with Crippen LogP contribution in [-0.2, 0) is 17.9 Å². The molecule has 0 aliphatic carbocycles. The number of aliphatic hydroxyl groups is 1. The van der Waals surface area contributed by atoms with Gasteiger partial charge in [-0.1, -0.05) is 0 Å². The number of aliphatic hydroxyl groups excluding tert-OH is 1. The molecule has 0 bridgehead atoms. The third-order valence-electron chi connectivity index (χ3n) is 1.95. The van der Waals surface area contributed by atoms with Crippen LogP contribution in [0, 0.1) is 0 Å². The number of rotatable bonds is 7. The van der Waals surface area contributed by atoms with Gasteiger partial charge in [0.05, 0.1) is 6.54 Å². The Morgan fingerprint density at radius 1 is 1.47 bits per heavy atom. The van der Waals surface area contributed by atoms with E-state index in [0.717, 1.165) is 18.7 Å². The smallest absolute Gasteiger partial charge is 0.217 e. The highest BCUT2D eigenvalue weighted by atomic mass is 16.4. The highest BCUT2D eigenvalue weighted by Gasteiger charge is 2.00. The molecule has 0 atom stereocenters. The van der Waals surface area contributed by atoms with E-state index in [0.29, 0.717) is 18.7 Å². The first kappa shape index (κ1) is 11.7. The van der Waals surface area contributed by atoms with Gasteiger partial charge in [-0.2, -0.15) is 0 Å². The molecule has 0 radical (unpaired) electrons. The SMILES string of the molecule is NC(=O)CCCNCc1ccc(CO)o1. The Hall–Kier alpha value is -1.33. The van der Waals surface area contributed by atoms with Gasteiger partial charge in [-0.05, 0) is 25.1 Å². The van der Waals surface area contributed by atoms with Crippen LogP contribution in [0.15, 0.2) is 16.5 Å². The summed E-state index contributed by atoms with van der Waals surface area (Å²) in [5, 5.41) is 11.9. The minimum Gasteiger partial charge on any atom is -0.462 e. The minimum atomic E-state index is -0.280. The summed E-state index contributed by atoms with van der Waals surface area (Å²) in [5.41, 5.74) is 4.99. The van der Waals surface area contributed by atoms with E-state index in [1.165, 1.54) is 0 Å². The van der Waals surface area contributed by atoms with Crippen molar-refractivity contribution >= 4 is 5.91 Å². The van der Waals surface area contributed by atoms with Crippen molar-refractivity contribution < 1.29 is 14.3 Å². The quantitative estimate of drug-likeness (QED) is 0.560. The molecule has 0 aliphatic rings. The van der Waals surface area contributed by atoms with Crippen LogP contribution < -0.4 is 11.1 Å². The molecular formula is C10H16N2O3. The van der Waals surface area contributed by atoms with Crippen LogP contribution >= 0.6 is 0 Å². The van der Waals surface area contributed by atoms with Gasteiger partial charge < -0.3 is 20.6 Å². The van der Waals surface area contributed by atoms with Gasteiger partial charge in [-0.25, -0.2) is 0 Å². The van der Waals surface area contributed by atoms with E-state index in [4.69, 9.17) is 15.3 Å². The van der Waals surface area contributed by atoms with Gasteiger partial charge in [0, 0.05) is 6.42 Å². The van der Waals surface area contributed by atoms with E-state index in [1.54, 1.807) is 6.07 Å². The van der Waals surface area contributed by atoms with Crippen molar-refractivity contribution in [1.29, 1.82) is 0 Å². The highest BCUT2D eigenvalue weighted by molar-refractivity contribution is 5.73. The summed E-state index contributed by atoms with van der Waals surface area (Å²) in [4.78, 5) is 10.4. The van der Waals surface area contributed by atoms with E-state index >= 15 is 0 Å². The molecule has 0 aromatic carbocycles. The minimum absolute atomic E-state index is 0.0817. The van der Waals surface area contributed by atoms with Gasteiger partial charge in [0.25, 0.3) is 0 Å². The molecule has 84 valence electrons. The zero-order chi connectivity index (χ0) is 11.1. The fourth-order valence-corrected chi connectivity index (χ4v) is 1.20. The third-order valence-corrected chi connectivity index (χ3v) is 1.95. The molecule has 1 aromatic heterocycles. The van der Waals surface area contributed by atoms with Crippen molar-refractivity contribution in [3.8, 4) is 0 Å². The summed E-state index contributed by atoms with van der Waals surface area (Å²) in [6, 6.07) is 3.55. The van der Waals surface area contributed by atoms with Crippen LogP contribution in [0.2, 0.25) is 0 Å². The Labute approximate surface area is 88.3 Å². The molecule has 1 rings (SSSR count). The number of hydrogen-bond acceptors (Lipinski definition) is 4. The van der Waals surface area contributed by atoms with Gasteiger partial charge >= 0.3 is 0 Å². The Bertz CT molecular complexity index is 309. The predicted octanol–water partition coefficient (Wildman–Crippen LogP) is 0.127. The highest BCUT2D eigenvalue weighted by Crippen LogP contribution is 2.06. The predicted molar refractivity (Wildman–Crippen MR) is 54.8 cm³/mol. The lowest BCUT2D eigenvalue weighted by Crippen LogP contribution is -2.17. The lowest BCUT2D eigenvalue weighted by molar-refractivity contribution is -0.118. The maximum atomic E-state index is 10.4. The van der Waals surface area contributed by atoms with Crippen molar-refractivity contribution in [1.82, 2.24) is 5.32 Å². The number of furan rings is 1. The number of primary amides is 1. The van der Waals surface area contributed by atoms with Crippen LogP contribution in [-0.4, -0.2) is 17.6 Å². The van der Waals surface area contributed by atoms with Gasteiger partial charge in [0.1, 0.15) is 18.1 Å². The van der Waals surface area contributed by atoms with E-state index < -0.39 is 0 Å². The Morgan fingerprint density at radius 2 is 2.20 bits per heavy atom. The molecule has 0 spiro atoms. The Balaban J connectivity index is 2.12. The Morgan fingerprint density at radius 3 is 2.80 bits per heavy atom. The van der Waals surface area contributed by atoms with Crippen LogP contribution in [0.5, 0.6) is 0 Å². The number of amides is 1. The molecule has 0 aliphatic heterocycles. The van der Waals surface area contributed by atoms with Crippen molar-refractivity contribution in [2.24, 2.45) is 5.73 Å². The fraction of sp³-hybridized carbons (Fsp3) is 0.500. The molecule has 1 aromatic rings. The van der Waals surface area contributed by atoms with Gasteiger partial charge in [0.15, 0.2) is 0 Å². The zero-order valence-corrected chi connectivity index (χ0v) is 8.53. The molecule has 0 saturated heterocycles. The topological polar surface area (TPSA) is 88.5 Å². The second kappa shape index (κ2) is 6.21. The molecular weight excluding hydrogens is 196 g/mol. The second-order valence-electron chi connectivity index (χ2n) is 3.27. The molecule has 0 fully saturated rings. The normalized spacial score (nSPS) is 10.5. The molecule has 1 heterocycles. The third kappa shape index (κ3) is 4.62. The molecule has 5 heteroatoms. The van der Waals surface area contributed by atoms with Crippen molar-refractivity contribution in [3.05, 3.63) is 23.7 Å². The molecule has 5 nitrogen and oxygen atoms in total. The number of carbonyl (C=O) groups excluding carboxylic acids is 1. The van der Waals surface area contributed by atoms with Gasteiger partial charge in [-0.3, -0.25) is 4.79 Å². The molecule has 0 unspecified atom stereocenters. The summed E-state index contributed by atoms with van der Waals surface area (Å²) in [6.07, 6.45) is 1.12. The van der Waals surface area contributed by atoms with Crippen molar-refractivity contribution in [2.75, 3.05) is 6.54 Å². The lowest BCUT2D eigenvalue weighted by Gasteiger charge is -2.00. The average molecular weight is 212 g/mol. The summed E-state index contributed by atoms with van der Waals surface area (Å²) in [7, 11) is 0. The summed E-state index contributed by atoms with van der Waals surface area (Å²) in [6.45, 7) is 1.23. The second-order valence-corrected chi connectivity index (χ2v) is 3.27. The Kier molecular flexibility index (Phi) is 4.86. The van der Waals surface area contributed by atoms with E-state index in [-0.39, 0.29) is 12.5 Å². The van der Waals surface area contributed by atoms with Gasteiger partial charge in [-0.15, -0.1) is 0 Å². The average Bonchev–Trinajstić information content (AvgIpc) is 2.65. The van der Waals surface area contributed by atoms with E-state index in [1.807, 2.05) is 6.07 Å². The lowest BCUT2D eigenvalue weighted by atomic mass is 10.3. The summed E-state index contributed by atoms with van der Waals surface area (Å²) < 4.78 is 5.26. The van der Waals surface area contributed by atoms with Crippen LogP contribution in [0.25, 0.3) is 0 Å².